The quantitative estimate of drug-likeness (QED) is 0.658. The van der Waals surface area contributed by atoms with Crippen LogP contribution in [-0.4, -0.2) is 43.1 Å². The highest BCUT2D eigenvalue weighted by atomic mass is 35.5. The molecule has 7 heteroatoms. The molecule has 1 aliphatic carbocycles. The highest BCUT2D eigenvalue weighted by Gasteiger charge is 2.39. The number of halogens is 1. The van der Waals surface area contributed by atoms with Crippen LogP contribution in [-0.2, 0) is 0 Å². The maximum atomic E-state index is 10.2. The van der Waals surface area contributed by atoms with Crippen molar-refractivity contribution in [2.45, 2.75) is 38.5 Å². The van der Waals surface area contributed by atoms with Crippen molar-refractivity contribution in [2.75, 3.05) is 5.32 Å². The van der Waals surface area contributed by atoms with Crippen LogP contribution in [0.25, 0.3) is 16.9 Å². The van der Waals surface area contributed by atoms with Gasteiger partial charge >= 0.3 is 0 Å². The number of nitrogens with one attached hydrogen (secondary N) is 1. The topological polar surface area (TPSA) is 82.7 Å². The van der Waals surface area contributed by atoms with Gasteiger partial charge in [-0.3, -0.25) is 0 Å². The number of aryl methyl sites for hydroxylation is 1. The lowest BCUT2D eigenvalue weighted by molar-refractivity contribution is 0.0210. The molecular weight excluding hydrogens is 352 g/mol. The van der Waals surface area contributed by atoms with E-state index in [9.17, 15) is 10.2 Å². The first-order chi connectivity index (χ1) is 12.4. The normalized spacial score (nSPS) is 25.7. The zero-order valence-electron chi connectivity index (χ0n) is 14.6. The summed E-state index contributed by atoms with van der Waals surface area (Å²) in [5.41, 5.74) is 3.52. The van der Waals surface area contributed by atoms with Gasteiger partial charge in [0.15, 0.2) is 5.65 Å². The monoisotopic (exact) mass is 372 g/mol. The van der Waals surface area contributed by atoms with Gasteiger partial charge in [0.2, 0.25) is 0 Å². The van der Waals surface area contributed by atoms with Gasteiger partial charge in [-0.25, -0.2) is 4.98 Å². The Labute approximate surface area is 156 Å². The fourth-order valence-corrected chi connectivity index (χ4v) is 3.77. The Morgan fingerprint density at radius 1 is 1.19 bits per heavy atom. The smallest absolute Gasteiger partial charge is 0.157 e. The van der Waals surface area contributed by atoms with E-state index >= 15 is 0 Å². The van der Waals surface area contributed by atoms with Crippen LogP contribution in [0.3, 0.4) is 0 Å². The first-order valence-electron chi connectivity index (χ1n) is 8.68. The van der Waals surface area contributed by atoms with E-state index in [1.807, 2.05) is 44.2 Å². The molecule has 6 nitrogen and oxygen atoms in total. The van der Waals surface area contributed by atoms with Crippen molar-refractivity contribution in [3.63, 3.8) is 0 Å². The summed E-state index contributed by atoms with van der Waals surface area (Å²) in [6.07, 6.45) is 0.869. The summed E-state index contributed by atoms with van der Waals surface area (Å²) < 4.78 is 1.72. The van der Waals surface area contributed by atoms with Gasteiger partial charge in [0.05, 0.1) is 17.8 Å². The molecule has 0 aliphatic heterocycles. The van der Waals surface area contributed by atoms with E-state index < -0.39 is 12.2 Å². The van der Waals surface area contributed by atoms with Gasteiger partial charge in [-0.2, -0.15) is 9.61 Å². The van der Waals surface area contributed by atoms with E-state index in [2.05, 4.69) is 15.4 Å². The lowest BCUT2D eigenvalue weighted by Gasteiger charge is -2.19. The molecule has 1 saturated carbocycles. The van der Waals surface area contributed by atoms with Crippen molar-refractivity contribution in [3.8, 4) is 11.3 Å². The van der Waals surface area contributed by atoms with Crippen LogP contribution >= 0.6 is 11.6 Å². The van der Waals surface area contributed by atoms with Crippen LogP contribution in [0.4, 0.5) is 5.82 Å². The van der Waals surface area contributed by atoms with E-state index in [-0.39, 0.29) is 12.0 Å². The largest absolute Gasteiger partial charge is 0.390 e. The number of anilines is 1. The molecule has 0 unspecified atom stereocenters. The van der Waals surface area contributed by atoms with Gasteiger partial charge in [0, 0.05) is 22.8 Å². The molecule has 136 valence electrons. The highest BCUT2D eigenvalue weighted by molar-refractivity contribution is 6.30. The SMILES string of the molecule is Cc1ccc(Cl)cc1-c1cc2nccc(N[C@@H]3C[C@@H](C)[C@@H](O)[C@H]3O)n2n1. The number of nitrogens with zero attached hydrogens (tertiary/aromatic N) is 3. The minimum atomic E-state index is -0.807. The molecule has 4 rings (SSSR count). The average Bonchev–Trinajstić information content (AvgIpc) is 3.15. The van der Waals surface area contributed by atoms with Gasteiger partial charge in [0.25, 0.3) is 0 Å². The summed E-state index contributed by atoms with van der Waals surface area (Å²) in [6.45, 7) is 3.95. The molecule has 3 N–H and O–H groups in total. The van der Waals surface area contributed by atoms with Crippen molar-refractivity contribution < 1.29 is 10.2 Å². The zero-order chi connectivity index (χ0) is 18.4. The molecule has 0 bridgehead atoms. The second kappa shape index (κ2) is 6.54. The van der Waals surface area contributed by atoms with E-state index in [1.54, 1.807) is 10.7 Å². The van der Waals surface area contributed by atoms with Crippen LogP contribution in [0.1, 0.15) is 18.9 Å². The van der Waals surface area contributed by atoms with Gasteiger partial charge in [0.1, 0.15) is 11.9 Å². The molecule has 0 saturated heterocycles. The van der Waals surface area contributed by atoms with E-state index in [4.69, 9.17) is 11.6 Å². The fraction of sp³-hybridized carbons (Fsp3) is 0.368. The van der Waals surface area contributed by atoms with Crippen molar-refractivity contribution in [1.82, 2.24) is 14.6 Å². The van der Waals surface area contributed by atoms with Crippen LogP contribution in [0.5, 0.6) is 0 Å². The third-order valence-electron chi connectivity index (χ3n) is 5.14. The summed E-state index contributed by atoms with van der Waals surface area (Å²) in [6, 6.07) is 9.21. The second-order valence-corrected chi connectivity index (χ2v) is 7.47. The van der Waals surface area contributed by atoms with Crippen LogP contribution in [0, 0.1) is 12.8 Å². The Morgan fingerprint density at radius 3 is 2.73 bits per heavy atom. The molecule has 26 heavy (non-hydrogen) atoms. The lowest BCUT2D eigenvalue weighted by atomic mass is 10.1. The number of hydrogen-bond donors (Lipinski definition) is 3. The number of hydrogen-bond acceptors (Lipinski definition) is 5. The molecule has 0 amide bonds. The van der Waals surface area contributed by atoms with Gasteiger partial charge in [-0.15, -0.1) is 0 Å². The molecule has 2 aromatic heterocycles. The van der Waals surface area contributed by atoms with Crippen molar-refractivity contribution in [3.05, 3.63) is 47.1 Å². The Bertz CT molecular complexity index is 958. The highest BCUT2D eigenvalue weighted by Crippen LogP contribution is 2.30. The van der Waals surface area contributed by atoms with Crippen LogP contribution in [0.15, 0.2) is 36.5 Å². The zero-order valence-corrected chi connectivity index (χ0v) is 15.4. The lowest BCUT2D eigenvalue weighted by Crippen LogP contribution is -2.35. The first kappa shape index (κ1) is 17.3. The van der Waals surface area contributed by atoms with E-state index in [1.165, 1.54) is 0 Å². The van der Waals surface area contributed by atoms with Crippen molar-refractivity contribution in [1.29, 1.82) is 0 Å². The van der Waals surface area contributed by atoms with E-state index in [0.29, 0.717) is 17.1 Å². The minimum absolute atomic E-state index is 0.0436. The van der Waals surface area contributed by atoms with Gasteiger partial charge < -0.3 is 15.5 Å². The summed E-state index contributed by atoms with van der Waals surface area (Å²) in [4.78, 5) is 4.38. The number of rotatable bonds is 3. The molecule has 3 aromatic rings. The number of aromatic nitrogens is 3. The Balaban J connectivity index is 1.71. The predicted octanol–water partition coefficient (Wildman–Crippen LogP) is 2.90. The van der Waals surface area contributed by atoms with Crippen molar-refractivity contribution in [2.24, 2.45) is 5.92 Å². The first-order valence-corrected chi connectivity index (χ1v) is 9.06. The minimum Gasteiger partial charge on any atom is -0.390 e. The molecule has 1 aromatic carbocycles. The summed E-state index contributed by atoms with van der Waals surface area (Å²) in [5, 5.41) is 28.9. The third-order valence-corrected chi connectivity index (χ3v) is 5.37. The van der Waals surface area contributed by atoms with Gasteiger partial charge in [-0.05, 0) is 43.0 Å². The summed E-state index contributed by atoms with van der Waals surface area (Å²) >= 11 is 6.14. The number of aliphatic hydroxyl groups excluding tert-OH is 2. The van der Waals surface area contributed by atoms with Crippen LogP contribution in [0.2, 0.25) is 5.02 Å². The number of aliphatic hydroxyl groups is 2. The summed E-state index contributed by atoms with van der Waals surface area (Å²) in [5.74, 6) is 0.772. The molecule has 4 atom stereocenters. The third kappa shape index (κ3) is 2.94. The van der Waals surface area contributed by atoms with E-state index in [0.717, 1.165) is 22.6 Å². The van der Waals surface area contributed by atoms with Crippen LogP contribution < -0.4 is 5.32 Å². The number of benzene rings is 1. The molecule has 1 aliphatic rings. The molecule has 0 spiro atoms. The Hall–Kier alpha value is -2.15. The molecular formula is C19H21ClN4O2. The maximum absolute atomic E-state index is 10.2. The standard InChI is InChI=1S/C19H21ClN4O2/c1-10-3-4-12(20)8-13(10)14-9-17-21-6-5-16(24(17)23-14)22-15-7-11(2)18(25)19(15)26/h3-6,8-9,11,15,18-19,22,25-26H,7H2,1-2H3/t11-,15-,18-,19+/m1/s1. The second-order valence-electron chi connectivity index (χ2n) is 7.03. The average molecular weight is 373 g/mol. The Morgan fingerprint density at radius 2 is 2.00 bits per heavy atom. The summed E-state index contributed by atoms with van der Waals surface area (Å²) in [7, 11) is 0. The molecule has 1 fully saturated rings. The maximum Gasteiger partial charge on any atom is 0.157 e. The molecule has 0 radical (unpaired) electrons. The fourth-order valence-electron chi connectivity index (χ4n) is 3.59. The van der Waals surface area contributed by atoms with Crippen molar-refractivity contribution >= 4 is 23.1 Å². The predicted molar refractivity (Wildman–Crippen MR) is 101 cm³/mol. The Kier molecular flexibility index (Phi) is 4.34. The number of fused-ring (bicyclic) bond motifs is 1. The van der Waals surface area contributed by atoms with Gasteiger partial charge in [-0.1, -0.05) is 24.6 Å². The molecule has 2 heterocycles.